The molecule has 80 valence electrons. The molecule has 0 radical (unpaired) electrons. The zero-order chi connectivity index (χ0) is 10.5. The summed E-state index contributed by atoms with van der Waals surface area (Å²) >= 11 is 0. The lowest BCUT2D eigenvalue weighted by Crippen LogP contribution is -2.36. The molecule has 0 aromatic heterocycles. The molecular weight excluding hydrogens is 193 g/mol. The normalized spacial score (nSPS) is 15.0. The Bertz CT molecular complexity index is 133. The Morgan fingerprint density at radius 2 is 1.77 bits per heavy atom. The molecule has 0 fully saturated rings. The van der Waals surface area contributed by atoms with Crippen molar-refractivity contribution < 1.29 is 22.0 Å². The van der Waals surface area contributed by atoms with Crippen LogP contribution in [-0.2, 0) is 0 Å². The van der Waals surface area contributed by atoms with Crippen LogP contribution < -0.4 is 5.32 Å². The second-order valence-corrected chi connectivity index (χ2v) is 2.65. The third kappa shape index (κ3) is 6.74. The van der Waals surface area contributed by atoms with E-state index in [1.165, 1.54) is 0 Å². The smallest absolute Gasteiger partial charge is 0.309 e. The largest absolute Gasteiger partial charge is 0.389 e. The minimum atomic E-state index is -4.36. The van der Waals surface area contributed by atoms with Crippen LogP contribution in [0.15, 0.2) is 0 Å². The monoisotopic (exact) mass is 205 g/mol. The third-order valence-corrected chi connectivity index (χ3v) is 1.51. The van der Waals surface area contributed by atoms with Crippen molar-refractivity contribution in [2.45, 2.75) is 38.4 Å². The van der Waals surface area contributed by atoms with E-state index in [4.69, 9.17) is 0 Å². The van der Waals surface area contributed by atoms with Gasteiger partial charge in [-0.05, 0) is 13.0 Å². The van der Waals surface area contributed by atoms with E-state index in [0.717, 1.165) is 0 Å². The lowest BCUT2D eigenvalue weighted by Gasteiger charge is -2.17. The standard InChI is InChI=1S/C7H12F5N/c1-2-13-5(6(8)9)3-4-7(10,11)12/h5-6,13H,2-4H2,1H3. The van der Waals surface area contributed by atoms with Crippen LogP contribution in [0.4, 0.5) is 22.0 Å². The average Bonchev–Trinajstić information content (AvgIpc) is 1.95. The first kappa shape index (κ1) is 12.6. The number of hydrogen-bond donors (Lipinski definition) is 1. The zero-order valence-corrected chi connectivity index (χ0v) is 7.17. The maximum atomic E-state index is 12.0. The topological polar surface area (TPSA) is 12.0 Å². The first-order chi connectivity index (χ1) is 5.87. The Kier molecular flexibility index (Phi) is 5.20. The van der Waals surface area contributed by atoms with Crippen LogP contribution in [0.3, 0.4) is 0 Å². The molecule has 1 nitrogen and oxygen atoms in total. The molecule has 0 saturated heterocycles. The minimum Gasteiger partial charge on any atom is -0.309 e. The van der Waals surface area contributed by atoms with Gasteiger partial charge in [0.2, 0.25) is 0 Å². The number of rotatable bonds is 5. The molecule has 0 aliphatic carbocycles. The molecule has 0 aliphatic heterocycles. The Labute approximate surface area is 73.3 Å². The highest BCUT2D eigenvalue weighted by molar-refractivity contribution is 4.70. The molecule has 6 heteroatoms. The van der Waals surface area contributed by atoms with Crippen LogP contribution in [0.2, 0.25) is 0 Å². The van der Waals surface area contributed by atoms with E-state index in [1.807, 2.05) is 0 Å². The Hall–Kier alpha value is -0.390. The van der Waals surface area contributed by atoms with Crippen LogP contribution in [-0.4, -0.2) is 25.2 Å². The SMILES string of the molecule is CCNC(CCC(F)(F)F)C(F)F. The van der Waals surface area contributed by atoms with Crippen molar-refractivity contribution in [3.63, 3.8) is 0 Å². The lowest BCUT2D eigenvalue weighted by atomic mass is 10.1. The van der Waals surface area contributed by atoms with Crippen molar-refractivity contribution in [1.82, 2.24) is 5.32 Å². The maximum absolute atomic E-state index is 12.0. The van der Waals surface area contributed by atoms with Crippen molar-refractivity contribution in [2.24, 2.45) is 0 Å². The first-order valence-electron chi connectivity index (χ1n) is 3.95. The van der Waals surface area contributed by atoms with E-state index < -0.39 is 31.5 Å². The minimum absolute atomic E-state index is 0.243. The van der Waals surface area contributed by atoms with Gasteiger partial charge in [0.15, 0.2) is 0 Å². The summed E-state index contributed by atoms with van der Waals surface area (Å²) in [6.45, 7) is 1.82. The summed E-state index contributed by atoms with van der Waals surface area (Å²) in [6, 6.07) is -1.35. The van der Waals surface area contributed by atoms with Crippen molar-refractivity contribution in [2.75, 3.05) is 6.54 Å². The molecular formula is C7H12F5N. The van der Waals surface area contributed by atoms with Gasteiger partial charge in [0, 0.05) is 6.42 Å². The average molecular weight is 205 g/mol. The van der Waals surface area contributed by atoms with Gasteiger partial charge in [0.25, 0.3) is 6.43 Å². The fourth-order valence-electron chi connectivity index (χ4n) is 0.898. The molecule has 0 aromatic carbocycles. The first-order valence-corrected chi connectivity index (χ1v) is 3.95. The van der Waals surface area contributed by atoms with Crippen LogP contribution in [0.25, 0.3) is 0 Å². The summed E-state index contributed by atoms with van der Waals surface area (Å²) in [5, 5.41) is 2.30. The summed E-state index contributed by atoms with van der Waals surface area (Å²) in [6.07, 6.45) is -8.85. The number of alkyl halides is 5. The highest BCUT2D eigenvalue weighted by Gasteiger charge is 2.30. The highest BCUT2D eigenvalue weighted by Crippen LogP contribution is 2.23. The predicted molar refractivity (Wildman–Crippen MR) is 38.8 cm³/mol. The molecule has 0 rings (SSSR count). The molecule has 0 bridgehead atoms. The van der Waals surface area contributed by atoms with Gasteiger partial charge >= 0.3 is 6.18 Å². The zero-order valence-electron chi connectivity index (χ0n) is 7.17. The number of hydrogen-bond acceptors (Lipinski definition) is 1. The van der Waals surface area contributed by atoms with Gasteiger partial charge in [0.05, 0.1) is 6.04 Å². The second kappa shape index (κ2) is 5.36. The van der Waals surface area contributed by atoms with Gasteiger partial charge in [-0.3, -0.25) is 0 Å². The number of halogens is 5. The molecule has 1 N–H and O–H groups in total. The summed E-state index contributed by atoms with van der Waals surface area (Å²) < 4.78 is 59.0. The number of nitrogens with one attached hydrogen (secondary N) is 1. The van der Waals surface area contributed by atoms with E-state index in [1.54, 1.807) is 6.92 Å². The fraction of sp³-hybridized carbons (Fsp3) is 1.00. The van der Waals surface area contributed by atoms with Crippen molar-refractivity contribution in [3.05, 3.63) is 0 Å². The van der Waals surface area contributed by atoms with Crippen molar-refractivity contribution in [3.8, 4) is 0 Å². The molecule has 0 spiro atoms. The molecule has 1 atom stereocenters. The van der Waals surface area contributed by atoms with Crippen molar-refractivity contribution in [1.29, 1.82) is 0 Å². The van der Waals surface area contributed by atoms with Gasteiger partial charge in [-0.25, -0.2) is 8.78 Å². The van der Waals surface area contributed by atoms with Crippen LogP contribution in [0, 0.1) is 0 Å². The van der Waals surface area contributed by atoms with E-state index in [0.29, 0.717) is 0 Å². The summed E-state index contributed by atoms with van der Waals surface area (Å²) in [4.78, 5) is 0. The van der Waals surface area contributed by atoms with Crippen LogP contribution in [0.5, 0.6) is 0 Å². The summed E-state index contributed by atoms with van der Waals surface area (Å²) in [5.41, 5.74) is 0. The van der Waals surface area contributed by atoms with Gasteiger partial charge in [-0.2, -0.15) is 13.2 Å². The Morgan fingerprint density at radius 1 is 1.23 bits per heavy atom. The van der Waals surface area contributed by atoms with Gasteiger partial charge in [-0.15, -0.1) is 0 Å². The van der Waals surface area contributed by atoms with Gasteiger partial charge in [0.1, 0.15) is 0 Å². The molecule has 0 heterocycles. The molecule has 0 aromatic rings. The Morgan fingerprint density at radius 3 is 2.08 bits per heavy atom. The molecule has 13 heavy (non-hydrogen) atoms. The van der Waals surface area contributed by atoms with E-state index in [-0.39, 0.29) is 6.54 Å². The Balaban J connectivity index is 3.82. The quantitative estimate of drug-likeness (QED) is 0.680. The van der Waals surface area contributed by atoms with E-state index in [2.05, 4.69) is 5.32 Å². The van der Waals surface area contributed by atoms with Crippen LogP contribution in [0.1, 0.15) is 19.8 Å². The van der Waals surface area contributed by atoms with Crippen molar-refractivity contribution >= 4 is 0 Å². The highest BCUT2D eigenvalue weighted by atomic mass is 19.4. The lowest BCUT2D eigenvalue weighted by molar-refractivity contribution is -0.138. The van der Waals surface area contributed by atoms with Gasteiger partial charge in [-0.1, -0.05) is 6.92 Å². The predicted octanol–water partition coefficient (Wildman–Crippen LogP) is 2.57. The fourth-order valence-corrected chi connectivity index (χ4v) is 0.898. The molecule has 1 unspecified atom stereocenters. The summed E-state index contributed by atoms with van der Waals surface area (Å²) in [5.74, 6) is 0. The van der Waals surface area contributed by atoms with Crippen LogP contribution >= 0.6 is 0 Å². The maximum Gasteiger partial charge on any atom is 0.389 e. The van der Waals surface area contributed by atoms with Gasteiger partial charge < -0.3 is 5.32 Å². The third-order valence-electron chi connectivity index (χ3n) is 1.51. The molecule has 0 aliphatic rings. The molecule has 0 saturated carbocycles. The second-order valence-electron chi connectivity index (χ2n) is 2.65. The molecule has 0 amide bonds. The van der Waals surface area contributed by atoms with E-state index in [9.17, 15) is 22.0 Å². The summed E-state index contributed by atoms with van der Waals surface area (Å²) in [7, 11) is 0. The van der Waals surface area contributed by atoms with E-state index >= 15 is 0 Å².